The highest BCUT2D eigenvalue weighted by Crippen LogP contribution is 2.22. The van der Waals surface area contributed by atoms with Crippen molar-refractivity contribution in [2.75, 3.05) is 7.05 Å². The first kappa shape index (κ1) is 20.2. The molecule has 0 saturated heterocycles. The van der Waals surface area contributed by atoms with E-state index in [2.05, 4.69) is 10.2 Å². The van der Waals surface area contributed by atoms with Gasteiger partial charge in [-0.05, 0) is 44.5 Å². The quantitative estimate of drug-likeness (QED) is 0.452. The first-order chi connectivity index (χ1) is 13.8. The van der Waals surface area contributed by atoms with Gasteiger partial charge in [-0.25, -0.2) is 0 Å². The summed E-state index contributed by atoms with van der Waals surface area (Å²) >= 11 is 0. The fourth-order valence-electron chi connectivity index (χ4n) is 3.28. The Labute approximate surface area is 168 Å². The van der Waals surface area contributed by atoms with E-state index < -0.39 is 4.92 Å². The minimum Gasteiger partial charge on any atom is -0.336 e. The van der Waals surface area contributed by atoms with Gasteiger partial charge in [0.25, 0.3) is 5.91 Å². The summed E-state index contributed by atoms with van der Waals surface area (Å²) in [6.07, 6.45) is 1.89. The molecule has 152 valence electrons. The average molecular weight is 396 g/mol. The van der Waals surface area contributed by atoms with Crippen LogP contribution in [0.2, 0.25) is 0 Å². The van der Waals surface area contributed by atoms with Crippen molar-refractivity contribution in [3.05, 3.63) is 74.9 Å². The smallest absolute Gasteiger partial charge is 0.312 e. The largest absolute Gasteiger partial charge is 0.336 e. The molecule has 1 aromatic carbocycles. The average Bonchev–Trinajstić information content (AvgIpc) is 3.25. The van der Waals surface area contributed by atoms with E-state index in [1.54, 1.807) is 42.6 Å². The molecule has 0 atom stereocenters. The SMILES string of the molecule is CCn1ccc(CN(C)C(=O)c2cccc(Cn3nc(C)c([N+](=O)[O-])c3C)c2)n1. The first-order valence-electron chi connectivity index (χ1n) is 9.35. The molecule has 0 spiro atoms. The molecular formula is C20H24N6O3. The fraction of sp³-hybridized carbons (Fsp3) is 0.350. The Balaban J connectivity index is 1.76. The zero-order chi connectivity index (χ0) is 21.1. The normalized spacial score (nSPS) is 10.9. The monoisotopic (exact) mass is 396 g/mol. The number of carbonyl (C=O) groups is 1. The minimum absolute atomic E-state index is 0.0310. The van der Waals surface area contributed by atoms with E-state index in [0.717, 1.165) is 17.8 Å². The highest BCUT2D eigenvalue weighted by atomic mass is 16.6. The number of aromatic nitrogens is 4. The molecule has 0 radical (unpaired) electrons. The molecule has 0 aliphatic rings. The minimum atomic E-state index is -0.414. The Kier molecular flexibility index (Phi) is 5.76. The van der Waals surface area contributed by atoms with Crippen molar-refractivity contribution in [2.45, 2.75) is 40.4 Å². The maximum atomic E-state index is 12.8. The molecule has 0 bridgehead atoms. The zero-order valence-electron chi connectivity index (χ0n) is 17.0. The van der Waals surface area contributed by atoms with Gasteiger partial charge in [-0.15, -0.1) is 0 Å². The number of carbonyl (C=O) groups excluding carboxylic acids is 1. The maximum Gasteiger partial charge on any atom is 0.312 e. The van der Waals surface area contributed by atoms with Crippen LogP contribution in [0.15, 0.2) is 36.5 Å². The number of nitrogens with zero attached hydrogens (tertiary/aromatic N) is 6. The van der Waals surface area contributed by atoms with Gasteiger partial charge in [-0.3, -0.25) is 24.3 Å². The van der Waals surface area contributed by atoms with Gasteiger partial charge in [-0.2, -0.15) is 10.2 Å². The lowest BCUT2D eigenvalue weighted by molar-refractivity contribution is -0.386. The number of hydrogen-bond donors (Lipinski definition) is 0. The topological polar surface area (TPSA) is 99.1 Å². The van der Waals surface area contributed by atoms with Gasteiger partial charge < -0.3 is 4.90 Å². The molecule has 0 saturated carbocycles. The van der Waals surface area contributed by atoms with E-state index in [0.29, 0.717) is 30.0 Å². The second-order valence-corrected chi connectivity index (χ2v) is 6.96. The molecule has 2 heterocycles. The van der Waals surface area contributed by atoms with Gasteiger partial charge in [0.05, 0.1) is 23.7 Å². The maximum absolute atomic E-state index is 12.8. The van der Waals surface area contributed by atoms with Crippen molar-refractivity contribution < 1.29 is 9.72 Å². The van der Waals surface area contributed by atoms with E-state index in [9.17, 15) is 14.9 Å². The molecule has 2 aromatic heterocycles. The highest BCUT2D eigenvalue weighted by Gasteiger charge is 2.22. The predicted molar refractivity (Wildman–Crippen MR) is 108 cm³/mol. The Morgan fingerprint density at radius 3 is 2.62 bits per heavy atom. The number of nitro groups is 1. The highest BCUT2D eigenvalue weighted by molar-refractivity contribution is 5.94. The van der Waals surface area contributed by atoms with Crippen LogP contribution in [-0.2, 0) is 19.6 Å². The van der Waals surface area contributed by atoms with Crippen LogP contribution in [-0.4, -0.2) is 42.3 Å². The standard InChI is InChI=1S/C20H24N6O3/c1-5-24-10-9-18(22-24)13-23(4)20(27)17-8-6-7-16(11-17)12-25-15(3)19(26(28)29)14(2)21-25/h6-11H,5,12-13H2,1-4H3. The van der Waals surface area contributed by atoms with Crippen LogP contribution >= 0.6 is 0 Å². The summed E-state index contributed by atoms with van der Waals surface area (Å²) in [5.74, 6) is -0.114. The van der Waals surface area contributed by atoms with Gasteiger partial charge in [0.2, 0.25) is 0 Å². The van der Waals surface area contributed by atoms with Crippen LogP contribution in [0, 0.1) is 24.0 Å². The van der Waals surface area contributed by atoms with Crippen molar-refractivity contribution in [1.82, 2.24) is 24.5 Å². The Morgan fingerprint density at radius 1 is 1.24 bits per heavy atom. The molecule has 29 heavy (non-hydrogen) atoms. The van der Waals surface area contributed by atoms with Gasteiger partial charge >= 0.3 is 5.69 Å². The van der Waals surface area contributed by atoms with Crippen LogP contribution < -0.4 is 0 Å². The zero-order valence-corrected chi connectivity index (χ0v) is 17.0. The number of rotatable bonds is 7. The van der Waals surface area contributed by atoms with Gasteiger partial charge in [0, 0.05) is 25.4 Å². The number of hydrogen-bond acceptors (Lipinski definition) is 5. The second-order valence-electron chi connectivity index (χ2n) is 6.96. The molecule has 0 aliphatic heterocycles. The summed E-state index contributed by atoms with van der Waals surface area (Å²) in [5, 5.41) is 19.9. The molecule has 0 aliphatic carbocycles. The van der Waals surface area contributed by atoms with E-state index in [4.69, 9.17) is 0 Å². The van der Waals surface area contributed by atoms with Gasteiger partial charge in [0.15, 0.2) is 0 Å². The van der Waals surface area contributed by atoms with Crippen LogP contribution in [0.25, 0.3) is 0 Å². The summed E-state index contributed by atoms with van der Waals surface area (Å²) in [7, 11) is 1.74. The molecule has 3 aromatic rings. The summed E-state index contributed by atoms with van der Waals surface area (Å²) in [5.41, 5.74) is 3.13. The molecule has 1 amide bonds. The molecule has 0 unspecified atom stereocenters. The third kappa shape index (κ3) is 4.34. The molecule has 0 N–H and O–H groups in total. The number of benzene rings is 1. The predicted octanol–water partition coefficient (Wildman–Crippen LogP) is 2.95. The molecule has 0 fully saturated rings. The lowest BCUT2D eigenvalue weighted by atomic mass is 10.1. The van der Waals surface area contributed by atoms with E-state index >= 15 is 0 Å². The third-order valence-corrected chi connectivity index (χ3v) is 4.80. The summed E-state index contributed by atoms with van der Waals surface area (Å²) in [4.78, 5) is 25.2. The lowest BCUT2D eigenvalue weighted by Gasteiger charge is -2.16. The Hall–Kier alpha value is -3.49. The van der Waals surface area contributed by atoms with Gasteiger partial charge in [-0.1, -0.05) is 12.1 Å². The number of aryl methyl sites for hydroxylation is 2. The van der Waals surface area contributed by atoms with E-state index in [1.807, 2.05) is 36.0 Å². The Bertz CT molecular complexity index is 1050. The van der Waals surface area contributed by atoms with Crippen LogP contribution in [0.1, 0.15) is 39.9 Å². The first-order valence-corrected chi connectivity index (χ1v) is 9.35. The van der Waals surface area contributed by atoms with Crippen molar-refractivity contribution in [3.63, 3.8) is 0 Å². The molecule has 3 rings (SSSR count). The molecular weight excluding hydrogens is 372 g/mol. The lowest BCUT2D eigenvalue weighted by Crippen LogP contribution is -2.26. The van der Waals surface area contributed by atoms with Crippen molar-refractivity contribution in [1.29, 1.82) is 0 Å². The second kappa shape index (κ2) is 8.26. The Morgan fingerprint density at radius 2 is 2.00 bits per heavy atom. The summed E-state index contributed by atoms with van der Waals surface area (Å²) in [6, 6.07) is 9.14. The van der Waals surface area contributed by atoms with E-state index in [1.165, 1.54) is 0 Å². The number of amides is 1. The van der Waals surface area contributed by atoms with Crippen molar-refractivity contribution in [3.8, 4) is 0 Å². The fourth-order valence-corrected chi connectivity index (χ4v) is 3.28. The van der Waals surface area contributed by atoms with Crippen molar-refractivity contribution >= 4 is 11.6 Å². The van der Waals surface area contributed by atoms with Crippen LogP contribution in [0.3, 0.4) is 0 Å². The third-order valence-electron chi connectivity index (χ3n) is 4.80. The summed E-state index contributed by atoms with van der Waals surface area (Å²) < 4.78 is 3.42. The van der Waals surface area contributed by atoms with Crippen LogP contribution in [0.4, 0.5) is 5.69 Å². The molecule has 9 heteroatoms. The molecule has 9 nitrogen and oxygen atoms in total. The van der Waals surface area contributed by atoms with Crippen molar-refractivity contribution in [2.24, 2.45) is 0 Å². The van der Waals surface area contributed by atoms with Gasteiger partial charge in [0.1, 0.15) is 11.4 Å². The summed E-state index contributed by atoms with van der Waals surface area (Å²) in [6.45, 7) is 6.86. The van der Waals surface area contributed by atoms with E-state index in [-0.39, 0.29) is 11.6 Å². The van der Waals surface area contributed by atoms with Crippen LogP contribution in [0.5, 0.6) is 0 Å².